The molecule has 3 unspecified atom stereocenters. The number of carbonyl (C=O) groups excluding carboxylic acids is 2. The maximum Gasteiger partial charge on any atom is 0.472 e. The highest BCUT2D eigenvalue weighted by molar-refractivity contribution is 7.47. The Balaban J connectivity index is 2.53. The van der Waals surface area contributed by atoms with E-state index >= 15 is 0 Å². The van der Waals surface area contributed by atoms with Crippen LogP contribution in [0.2, 0.25) is 0 Å². The van der Waals surface area contributed by atoms with Gasteiger partial charge in [-0.2, -0.15) is 0 Å². The van der Waals surface area contributed by atoms with Gasteiger partial charge in [-0.05, 0) is 70.6 Å². The molecule has 1 saturated carbocycles. The van der Waals surface area contributed by atoms with Crippen LogP contribution in [0.15, 0.2) is 36.5 Å². The Labute approximate surface area is 364 Å². The van der Waals surface area contributed by atoms with E-state index in [0.29, 0.717) is 32.1 Å². The average molecular weight is 893 g/mol. The summed E-state index contributed by atoms with van der Waals surface area (Å²) >= 11 is 0. The van der Waals surface area contributed by atoms with Crippen molar-refractivity contribution in [2.45, 2.75) is 223 Å². The maximum absolute atomic E-state index is 12.8. The van der Waals surface area contributed by atoms with Crippen molar-refractivity contribution < 1.29 is 73.3 Å². The molecule has 0 radical (unpaired) electrons. The zero-order valence-electron chi connectivity index (χ0n) is 36.9. The Morgan fingerprint density at radius 1 is 0.574 bits per heavy atom. The maximum atomic E-state index is 12.8. The first kappa shape index (κ1) is 57.0. The SMILES string of the molecule is CCCCC/C=C\C/C=C\CCCCCCCC(=O)O[C@H](COC(=O)CCCCCCC[C@@H](O)[C@H](O)C/C=C\CCCCC)COP(=O)(O)OC1[C@H](O)[C@H](O)C(O)[C@H](O)[C@H]1O. The summed E-state index contributed by atoms with van der Waals surface area (Å²) in [6.45, 7) is 3.06. The Hall–Kier alpha value is -2.01. The van der Waals surface area contributed by atoms with Crippen molar-refractivity contribution in [3.63, 3.8) is 0 Å². The molecule has 0 bridgehead atoms. The van der Waals surface area contributed by atoms with Crippen LogP contribution in [0.4, 0.5) is 0 Å². The lowest BCUT2D eigenvalue weighted by Crippen LogP contribution is -2.64. The van der Waals surface area contributed by atoms with E-state index in [2.05, 4.69) is 38.2 Å². The second-order valence-electron chi connectivity index (χ2n) is 16.2. The minimum atomic E-state index is -5.16. The first-order valence-corrected chi connectivity index (χ1v) is 24.5. The number of hydrogen-bond donors (Lipinski definition) is 8. The summed E-state index contributed by atoms with van der Waals surface area (Å²) < 4.78 is 33.4. The second kappa shape index (κ2) is 35.4. The van der Waals surface area contributed by atoms with E-state index in [9.17, 15) is 54.8 Å². The molecule has 10 atom stereocenters. The molecule has 0 aromatic rings. The normalized spacial score (nSPS) is 23.4. The number of unbranched alkanes of at least 4 members (excludes halogenated alkanes) is 15. The first-order chi connectivity index (χ1) is 29.2. The molecule has 0 amide bonds. The number of carbonyl (C=O) groups is 2. The predicted octanol–water partition coefficient (Wildman–Crippen LogP) is 6.55. The van der Waals surface area contributed by atoms with E-state index in [0.717, 1.165) is 83.5 Å². The van der Waals surface area contributed by atoms with Crippen LogP contribution in [0, 0.1) is 0 Å². The molecular weight excluding hydrogens is 811 g/mol. The predicted molar refractivity (Wildman–Crippen MR) is 233 cm³/mol. The van der Waals surface area contributed by atoms with Crippen molar-refractivity contribution in [3.05, 3.63) is 36.5 Å². The molecular formula is C45H81O15P. The lowest BCUT2D eigenvalue weighted by molar-refractivity contribution is -0.220. The molecule has 1 fully saturated rings. The van der Waals surface area contributed by atoms with Crippen molar-refractivity contribution in [1.29, 1.82) is 0 Å². The summed E-state index contributed by atoms with van der Waals surface area (Å²) in [5.74, 6) is -1.23. The van der Waals surface area contributed by atoms with Gasteiger partial charge in [-0.25, -0.2) is 4.57 Å². The molecule has 356 valence electrons. The van der Waals surface area contributed by atoms with E-state index in [4.69, 9.17) is 18.5 Å². The Morgan fingerprint density at radius 3 is 1.62 bits per heavy atom. The minimum absolute atomic E-state index is 0.0486. The highest BCUT2D eigenvalue weighted by atomic mass is 31.2. The third kappa shape index (κ3) is 27.7. The summed E-state index contributed by atoms with van der Waals surface area (Å²) in [4.78, 5) is 35.7. The fourth-order valence-electron chi connectivity index (χ4n) is 6.75. The molecule has 16 heteroatoms. The van der Waals surface area contributed by atoms with Gasteiger partial charge < -0.3 is 50.1 Å². The largest absolute Gasteiger partial charge is 0.472 e. The van der Waals surface area contributed by atoms with Gasteiger partial charge in [0.2, 0.25) is 0 Å². The number of hydrogen-bond acceptors (Lipinski definition) is 14. The van der Waals surface area contributed by atoms with Gasteiger partial charge in [-0.1, -0.05) is 121 Å². The van der Waals surface area contributed by atoms with Crippen LogP contribution in [0.25, 0.3) is 0 Å². The van der Waals surface area contributed by atoms with E-state index in [1.165, 1.54) is 25.7 Å². The van der Waals surface area contributed by atoms with Gasteiger partial charge in [0.25, 0.3) is 0 Å². The molecule has 61 heavy (non-hydrogen) atoms. The molecule has 1 aliphatic rings. The van der Waals surface area contributed by atoms with Crippen LogP contribution in [-0.2, 0) is 32.7 Å². The van der Waals surface area contributed by atoms with Crippen LogP contribution in [0.1, 0.15) is 168 Å². The topological polar surface area (TPSA) is 250 Å². The standard InChI is InChI=1S/C45H81O15P/c1-3-5-7-9-11-12-13-14-15-16-17-18-19-23-28-32-39(49)59-35(34-58-61(55,56)60-45-43(53)41(51)40(50)42(52)44(45)54)33-57-38(48)31-27-24-20-22-26-30-37(47)36(46)29-25-21-10-8-6-4-2/h11-12,14-15,21,25,35-37,40-47,50-54H,3-10,13,16-20,22-24,26-34H2,1-2H3,(H,55,56)/b12-11-,15-14-,25-21-/t35-,36-,37-,40?,41-,42+,43-,44-,45?/m1/s1. The molecule has 1 rings (SSSR count). The number of aliphatic hydroxyl groups excluding tert-OH is 7. The fraction of sp³-hybridized carbons (Fsp3) is 0.822. The molecule has 0 aromatic heterocycles. The highest BCUT2D eigenvalue weighted by Gasteiger charge is 2.51. The minimum Gasteiger partial charge on any atom is -0.462 e. The summed E-state index contributed by atoms with van der Waals surface area (Å²) in [7, 11) is -5.16. The summed E-state index contributed by atoms with van der Waals surface area (Å²) in [6, 6.07) is 0. The van der Waals surface area contributed by atoms with Crippen LogP contribution in [-0.4, -0.2) is 121 Å². The van der Waals surface area contributed by atoms with Gasteiger partial charge in [0.05, 0.1) is 18.8 Å². The third-order valence-corrected chi connectivity index (χ3v) is 11.6. The molecule has 0 heterocycles. The van der Waals surface area contributed by atoms with Crippen molar-refractivity contribution in [3.8, 4) is 0 Å². The van der Waals surface area contributed by atoms with Crippen LogP contribution < -0.4 is 0 Å². The number of allylic oxidation sites excluding steroid dienone is 5. The van der Waals surface area contributed by atoms with Crippen LogP contribution in [0.3, 0.4) is 0 Å². The second-order valence-corrected chi connectivity index (χ2v) is 17.6. The van der Waals surface area contributed by atoms with Crippen molar-refractivity contribution in [1.82, 2.24) is 0 Å². The first-order valence-electron chi connectivity index (χ1n) is 23.0. The van der Waals surface area contributed by atoms with Crippen LogP contribution >= 0.6 is 7.82 Å². The lowest BCUT2D eigenvalue weighted by Gasteiger charge is -2.41. The lowest BCUT2D eigenvalue weighted by atomic mass is 9.85. The van der Waals surface area contributed by atoms with Gasteiger partial charge in [0.1, 0.15) is 43.2 Å². The number of phosphoric ester groups is 1. The summed E-state index contributed by atoms with van der Waals surface area (Å²) in [6.07, 6.45) is 17.8. The molecule has 0 aromatic carbocycles. The Morgan fingerprint density at radius 2 is 1.05 bits per heavy atom. The van der Waals surface area contributed by atoms with Gasteiger partial charge >= 0.3 is 19.8 Å². The quantitative estimate of drug-likeness (QED) is 0.0142. The number of rotatable bonds is 37. The van der Waals surface area contributed by atoms with Gasteiger partial charge in [-0.3, -0.25) is 18.6 Å². The highest BCUT2D eigenvalue weighted by Crippen LogP contribution is 2.47. The van der Waals surface area contributed by atoms with Gasteiger partial charge in [0, 0.05) is 12.8 Å². The fourth-order valence-corrected chi connectivity index (χ4v) is 7.72. The zero-order chi connectivity index (χ0) is 45.3. The van der Waals surface area contributed by atoms with Crippen molar-refractivity contribution >= 4 is 19.8 Å². The van der Waals surface area contributed by atoms with E-state index in [1.54, 1.807) is 0 Å². The molecule has 0 saturated heterocycles. The number of phosphoric acid groups is 1. The number of esters is 2. The summed E-state index contributed by atoms with van der Waals surface area (Å²) in [5.41, 5.74) is 0. The summed E-state index contributed by atoms with van der Waals surface area (Å²) in [5, 5.41) is 70.6. The van der Waals surface area contributed by atoms with Gasteiger partial charge in [0.15, 0.2) is 6.10 Å². The average Bonchev–Trinajstić information content (AvgIpc) is 3.23. The smallest absolute Gasteiger partial charge is 0.462 e. The number of aliphatic hydroxyl groups is 7. The monoisotopic (exact) mass is 893 g/mol. The molecule has 1 aliphatic carbocycles. The molecule has 15 nitrogen and oxygen atoms in total. The third-order valence-electron chi connectivity index (χ3n) is 10.7. The van der Waals surface area contributed by atoms with E-state index in [-0.39, 0.29) is 12.8 Å². The van der Waals surface area contributed by atoms with Crippen molar-refractivity contribution in [2.24, 2.45) is 0 Å². The Kier molecular flexibility index (Phi) is 33.0. The molecule has 0 aliphatic heterocycles. The molecule has 0 spiro atoms. The number of ether oxygens (including phenoxy) is 2. The van der Waals surface area contributed by atoms with E-state index in [1.807, 2.05) is 12.2 Å². The van der Waals surface area contributed by atoms with Gasteiger partial charge in [-0.15, -0.1) is 0 Å². The van der Waals surface area contributed by atoms with E-state index < -0.39 is 87.9 Å². The zero-order valence-corrected chi connectivity index (χ0v) is 37.8. The Bertz CT molecular complexity index is 1250. The van der Waals surface area contributed by atoms with Crippen molar-refractivity contribution in [2.75, 3.05) is 13.2 Å². The molecule has 8 N–H and O–H groups in total. The van der Waals surface area contributed by atoms with Crippen LogP contribution in [0.5, 0.6) is 0 Å².